The van der Waals surface area contributed by atoms with Crippen LogP contribution < -0.4 is 14.8 Å². The zero-order valence-electron chi connectivity index (χ0n) is 15.0. The summed E-state index contributed by atoms with van der Waals surface area (Å²) in [5.74, 6) is 0.924. The summed E-state index contributed by atoms with van der Waals surface area (Å²) in [7, 11) is 3.11. The zero-order chi connectivity index (χ0) is 17.9. The summed E-state index contributed by atoms with van der Waals surface area (Å²) in [4.78, 5) is 27.6. The molecule has 1 heterocycles. The van der Waals surface area contributed by atoms with Crippen molar-refractivity contribution < 1.29 is 19.1 Å². The highest BCUT2D eigenvalue weighted by atomic mass is 16.5. The van der Waals surface area contributed by atoms with E-state index >= 15 is 0 Å². The molecule has 3 rings (SSSR count). The minimum Gasteiger partial charge on any atom is -0.493 e. The van der Waals surface area contributed by atoms with Gasteiger partial charge in [0.2, 0.25) is 11.8 Å². The van der Waals surface area contributed by atoms with Crippen molar-refractivity contribution in [1.82, 2.24) is 4.90 Å². The molecule has 0 bridgehead atoms. The Morgan fingerprint density at radius 3 is 2.20 bits per heavy atom. The molecule has 25 heavy (non-hydrogen) atoms. The fourth-order valence-corrected chi connectivity index (χ4v) is 3.40. The molecule has 6 heteroatoms. The van der Waals surface area contributed by atoms with Gasteiger partial charge in [-0.2, -0.15) is 0 Å². The molecule has 1 aromatic carbocycles. The van der Waals surface area contributed by atoms with Gasteiger partial charge in [-0.15, -0.1) is 0 Å². The molecular weight excluding hydrogens is 320 g/mol. The molecule has 0 unspecified atom stereocenters. The first kappa shape index (κ1) is 17.6. The number of hydrogen-bond donors (Lipinski definition) is 1. The monoisotopic (exact) mass is 346 g/mol. The third-order valence-corrected chi connectivity index (χ3v) is 5.13. The topological polar surface area (TPSA) is 67.9 Å². The largest absolute Gasteiger partial charge is 0.493 e. The first-order chi connectivity index (χ1) is 12.1. The van der Waals surface area contributed by atoms with E-state index in [1.54, 1.807) is 32.4 Å². The van der Waals surface area contributed by atoms with Crippen molar-refractivity contribution in [3.05, 3.63) is 18.2 Å². The summed E-state index contributed by atoms with van der Waals surface area (Å²) < 4.78 is 10.5. The number of nitrogens with one attached hydrogen (secondary N) is 1. The lowest BCUT2D eigenvalue weighted by molar-refractivity contribution is -0.142. The molecule has 0 radical (unpaired) electrons. The van der Waals surface area contributed by atoms with E-state index in [2.05, 4.69) is 5.32 Å². The SMILES string of the molecule is COc1ccc(NC(=O)C2(C(=O)N3CCCCCC3)CC2)cc1OC. The third kappa shape index (κ3) is 3.57. The summed E-state index contributed by atoms with van der Waals surface area (Å²) in [5, 5.41) is 2.88. The molecule has 6 nitrogen and oxygen atoms in total. The lowest BCUT2D eigenvalue weighted by Crippen LogP contribution is -2.43. The van der Waals surface area contributed by atoms with Crippen molar-refractivity contribution in [3.63, 3.8) is 0 Å². The Morgan fingerprint density at radius 1 is 1.00 bits per heavy atom. The second kappa shape index (κ2) is 7.33. The number of amides is 2. The molecule has 2 aliphatic rings. The number of carbonyl (C=O) groups excluding carboxylic acids is 2. The highest BCUT2D eigenvalue weighted by molar-refractivity contribution is 6.13. The minimum atomic E-state index is -0.877. The molecule has 0 aromatic heterocycles. The van der Waals surface area contributed by atoms with Gasteiger partial charge in [-0.1, -0.05) is 12.8 Å². The number of likely N-dealkylation sites (tertiary alicyclic amines) is 1. The van der Waals surface area contributed by atoms with Crippen LogP contribution in [-0.2, 0) is 9.59 Å². The summed E-state index contributed by atoms with van der Waals surface area (Å²) in [6, 6.07) is 5.21. The van der Waals surface area contributed by atoms with Crippen LogP contribution in [-0.4, -0.2) is 44.0 Å². The molecule has 2 fully saturated rings. The van der Waals surface area contributed by atoms with Crippen molar-refractivity contribution in [1.29, 1.82) is 0 Å². The lowest BCUT2D eigenvalue weighted by atomic mass is 10.0. The number of methoxy groups -OCH3 is 2. The Bertz CT molecular complexity index is 647. The average Bonchev–Trinajstić information content (AvgIpc) is 3.45. The fourth-order valence-electron chi connectivity index (χ4n) is 3.40. The second-order valence-corrected chi connectivity index (χ2v) is 6.81. The van der Waals surface area contributed by atoms with E-state index in [0.29, 0.717) is 30.0 Å². The number of ether oxygens (including phenoxy) is 2. The van der Waals surface area contributed by atoms with Crippen LogP contribution in [0.15, 0.2) is 18.2 Å². The molecule has 1 saturated carbocycles. The van der Waals surface area contributed by atoms with E-state index in [0.717, 1.165) is 38.8 Å². The van der Waals surface area contributed by atoms with Crippen molar-refractivity contribution in [3.8, 4) is 11.5 Å². The average molecular weight is 346 g/mol. The molecule has 1 saturated heterocycles. The quantitative estimate of drug-likeness (QED) is 0.833. The van der Waals surface area contributed by atoms with Crippen LogP contribution in [0.4, 0.5) is 5.69 Å². The van der Waals surface area contributed by atoms with Crippen molar-refractivity contribution in [2.24, 2.45) is 5.41 Å². The molecular formula is C19H26N2O4. The Morgan fingerprint density at radius 2 is 1.64 bits per heavy atom. The molecule has 1 aliphatic heterocycles. The Labute approximate surface area is 148 Å². The van der Waals surface area contributed by atoms with E-state index in [1.165, 1.54) is 0 Å². The highest BCUT2D eigenvalue weighted by Crippen LogP contribution is 2.48. The normalized spacial score (nSPS) is 18.9. The number of hydrogen-bond acceptors (Lipinski definition) is 4. The number of carbonyl (C=O) groups is 2. The fraction of sp³-hybridized carbons (Fsp3) is 0.579. The number of anilines is 1. The van der Waals surface area contributed by atoms with Crippen LogP contribution in [0.2, 0.25) is 0 Å². The van der Waals surface area contributed by atoms with Crippen molar-refractivity contribution >= 4 is 17.5 Å². The van der Waals surface area contributed by atoms with Gasteiger partial charge in [0.05, 0.1) is 14.2 Å². The van der Waals surface area contributed by atoms with Crippen LogP contribution in [0.5, 0.6) is 11.5 Å². The maximum Gasteiger partial charge on any atom is 0.240 e. The molecule has 0 spiro atoms. The zero-order valence-corrected chi connectivity index (χ0v) is 15.0. The van der Waals surface area contributed by atoms with E-state index in [-0.39, 0.29) is 11.8 Å². The van der Waals surface area contributed by atoms with Gasteiger partial charge in [-0.3, -0.25) is 9.59 Å². The highest BCUT2D eigenvalue weighted by Gasteiger charge is 2.58. The Kier molecular flexibility index (Phi) is 5.16. The lowest BCUT2D eigenvalue weighted by Gasteiger charge is -2.25. The smallest absolute Gasteiger partial charge is 0.240 e. The maximum absolute atomic E-state index is 12.9. The predicted molar refractivity (Wildman–Crippen MR) is 94.9 cm³/mol. The summed E-state index contributed by atoms with van der Waals surface area (Å²) in [6.45, 7) is 1.54. The van der Waals surface area contributed by atoms with Gasteiger partial charge >= 0.3 is 0 Å². The second-order valence-electron chi connectivity index (χ2n) is 6.81. The first-order valence-corrected chi connectivity index (χ1v) is 8.93. The van der Waals surface area contributed by atoms with E-state index in [4.69, 9.17) is 9.47 Å². The minimum absolute atomic E-state index is 0.00706. The molecule has 0 atom stereocenters. The predicted octanol–water partition coefficient (Wildman–Crippen LogP) is 2.83. The summed E-state index contributed by atoms with van der Waals surface area (Å²) in [5.41, 5.74) is -0.269. The van der Waals surface area contributed by atoms with E-state index in [9.17, 15) is 9.59 Å². The Hall–Kier alpha value is -2.24. The Balaban J connectivity index is 1.71. The number of benzene rings is 1. The first-order valence-electron chi connectivity index (χ1n) is 8.93. The number of rotatable bonds is 5. The molecule has 1 aliphatic carbocycles. The van der Waals surface area contributed by atoms with Crippen molar-refractivity contribution in [2.75, 3.05) is 32.6 Å². The molecule has 2 amide bonds. The molecule has 136 valence electrons. The van der Waals surface area contributed by atoms with Crippen LogP contribution in [0.1, 0.15) is 38.5 Å². The van der Waals surface area contributed by atoms with Crippen LogP contribution in [0, 0.1) is 5.41 Å². The van der Waals surface area contributed by atoms with E-state index < -0.39 is 5.41 Å². The summed E-state index contributed by atoms with van der Waals surface area (Å²) in [6.07, 6.45) is 5.63. The third-order valence-electron chi connectivity index (χ3n) is 5.13. The van der Waals surface area contributed by atoms with Gasteiger partial charge in [0.15, 0.2) is 11.5 Å². The van der Waals surface area contributed by atoms with Crippen molar-refractivity contribution in [2.45, 2.75) is 38.5 Å². The maximum atomic E-state index is 12.9. The summed E-state index contributed by atoms with van der Waals surface area (Å²) >= 11 is 0. The number of nitrogens with zero attached hydrogens (tertiary/aromatic N) is 1. The molecule has 1 N–H and O–H groups in total. The van der Waals surface area contributed by atoms with Gasteiger partial charge in [0, 0.05) is 24.8 Å². The van der Waals surface area contributed by atoms with Gasteiger partial charge < -0.3 is 19.7 Å². The van der Waals surface area contributed by atoms with E-state index in [1.807, 2.05) is 4.90 Å². The van der Waals surface area contributed by atoms with Crippen LogP contribution in [0.25, 0.3) is 0 Å². The van der Waals surface area contributed by atoms with Gasteiger partial charge in [-0.05, 0) is 37.8 Å². The van der Waals surface area contributed by atoms with Gasteiger partial charge in [0.1, 0.15) is 5.41 Å². The van der Waals surface area contributed by atoms with Gasteiger partial charge in [-0.25, -0.2) is 0 Å². The van der Waals surface area contributed by atoms with Crippen LogP contribution >= 0.6 is 0 Å². The molecule has 1 aromatic rings. The van der Waals surface area contributed by atoms with Crippen LogP contribution in [0.3, 0.4) is 0 Å². The van der Waals surface area contributed by atoms with Gasteiger partial charge in [0.25, 0.3) is 0 Å². The standard InChI is InChI=1S/C19H26N2O4/c1-24-15-8-7-14(13-16(15)25-2)20-17(22)19(9-10-19)18(23)21-11-5-3-4-6-12-21/h7-8,13H,3-6,9-12H2,1-2H3,(H,20,22).